The second-order valence-electron chi connectivity index (χ2n) is 4.61. The van der Waals surface area contributed by atoms with E-state index in [9.17, 15) is 0 Å². The van der Waals surface area contributed by atoms with E-state index in [0.717, 1.165) is 31.9 Å². The van der Waals surface area contributed by atoms with Crippen LogP contribution in [0.4, 0.5) is 11.4 Å². The Balaban J connectivity index is 2.20. The molecule has 1 aliphatic heterocycles. The van der Waals surface area contributed by atoms with Gasteiger partial charge in [-0.15, -0.1) is 0 Å². The van der Waals surface area contributed by atoms with E-state index >= 15 is 0 Å². The number of benzene rings is 1. The summed E-state index contributed by atoms with van der Waals surface area (Å²) >= 11 is 0. The molecule has 0 aromatic heterocycles. The topological polar surface area (TPSA) is 41.7 Å². The first kappa shape index (κ1) is 12.2. The highest BCUT2D eigenvalue weighted by molar-refractivity contribution is 5.61. The summed E-state index contributed by atoms with van der Waals surface area (Å²) in [5.41, 5.74) is 9.13. The number of ether oxygens (including phenoxy) is 1. The Labute approximate surface area is 103 Å². The van der Waals surface area contributed by atoms with E-state index in [1.165, 1.54) is 11.3 Å². The molecule has 0 spiro atoms. The number of hydrogen-bond donors (Lipinski definition) is 1. The molecule has 1 aliphatic rings. The third-order valence-corrected chi connectivity index (χ3v) is 3.25. The summed E-state index contributed by atoms with van der Waals surface area (Å²) < 4.78 is 5.24. The van der Waals surface area contributed by atoms with Crippen molar-refractivity contribution in [2.75, 3.05) is 51.0 Å². The summed E-state index contributed by atoms with van der Waals surface area (Å²) in [7, 11) is 3.89. The van der Waals surface area contributed by atoms with Crippen LogP contribution in [0, 0.1) is 0 Å². The Morgan fingerprint density at radius 1 is 1.24 bits per heavy atom. The molecule has 17 heavy (non-hydrogen) atoms. The summed E-state index contributed by atoms with van der Waals surface area (Å²) in [6.45, 7) is 4.94. The average molecular weight is 235 g/mol. The lowest BCUT2D eigenvalue weighted by molar-refractivity contribution is 0.185. The van der Waals surface area contributed by atoms with Crippen LogP contribution in [0.5, 0.6) is 0 Å². The molecule has 0 aliphatic carbocycles. The van der Waals surface area contributed by atoms with Gasteiger partial charge in [-0.25, -0.2) is 0 Å². The number of nitrogens with zero attached hydrogens (tertiary/aromatic N) is 2. The second-order valence-corrected chi connectivity index (χ2v) is 4.61. The number of methoxy groups -OCH3 is 1. The summed E-state index contributed by atoms with van der Waals surface area (Å²) in [5, 5.41) is 0. The van der Waals surface area contributed by atoms with E-state index in [4.69, 9.17) is 10.5 Å². The Hall–Kier alpha value is -1.26. The van der Waals surface area contributed by atoms with Crippen LogP contribution >= 0.6 is 0 Å². The van der Waals surface area contributed by atoms with Crippen molar-refractivity contribution < 1.29 is 4.74 Å². The fourth-order valence-electron chi connectivity index (χ4n) is 2.20. The number of hydrogen-bond acceptors (Lipinski definition) is 4. The molecule has 0 amide bonds. The van der Waals surface area contributed by atoms with Gasteiger partial charge in [0.15, 0.2) is 0 Å². The Bertz CT molecular complexity index is 373. The van der Waals surface area contributed by atoms with Gasteiger partial charge in [0, 0.05) is 50.2 Å². The smallest absolute Gasteiger partial charge is 0.0733 e. The van der Waals surface area contributed by atoms with Gasteiger partial charge in [0.25, 0.3) is 0 Å². The lowest BCUT2D eigenvalue weighted by Gasteiger charge is -2.35. The van der Waals surface area contributed by atoms with Gasteiger partial charge in [-0.05, 0) is 19.2 Å². The van der Waals surface area contributed by atoms with Crippen LogP contribution in [-0.2, 0) is 11.3 Å². The number of rotatable bonds is 3. The van der Waals surface area contributed by atoms with Crippen molar-refractivity contribution in [2.45, 2.75) is 6.61 Å². The van der Waals surface area contributed by atoms with Gasteiger partial charge in [-0.1, -0.05) is 6.07 Å². The third-order valence-electron chi connectivity index (χ3n) is 3.25. The first-order chi connectivity index (χ1) is 8.20. The highest BCUT2D eigenvalue weighted by Gasteiger charge is 2.17. The van der Waals surface area contributed by atoms with Crippen molar-refractivity contribution in [3.63, 3.8) is 0 Å². The van der Waals surface area contributed by atoms with Gasteiger partial charge < -0.3 is 20.3 Å². The molecule has 1 heterocycles. The van der Waals surface area contributed by atoms with Gasteiger partial charge in [0.1, 0.15) is 0 Å². The van der Waals surface area contributed by atoms with Crippen LogP contribution in [0.15, 0.2) is 18.2 Å². The van der Waals surface area contributed by atoms with Crippen molar-refractivity contribution in [3.05, 3.63) is 23.8 Å². The van der Waals surface area contributed by atoms with Gasteiger partial charge in [-0.2, -0.15) is 0 Å². The van der Waals surface area contributed by atoms with E-state index in [2.05, 4.69) is 29.0 Å². The first-order valence-corrected chi connectivity index (χ1v) is 6.01. The van der Waals surface area contributed by atoms with E-state index in [1.54, 1.807) is 7.11 Å². The average Bonchev–Trinajstić information content (AvgIpc) is 2.33. The Morgan fingerprint density at radius 2 is 1.94 bits per heavy atom. The summed E-state index contributed by atoms with van der Waals surface area (Å²) in [6.07, 6.45) is 0. The van der Waals surface area contributed by atoms with Crippen molar-refractivity contribution in [1.82, 2.24) is 4.90 Å². The van der Waals surface area contributed by atoms with Crippen molar-refractivity contribution in [3.8, 4) is 0 Å². The number of nitrogens with two attached hydrogens (primary N) is 1. The van der Waals surface area contributed by atoms with E-state index in [0.29, 0.717) is 6.61 Å². The van der Waals surface area contributed by atoms with Crippen LogP contribution in [0.2, 0.25) is 0 Å². The Morgan fingerprint density at radius 3 is 2.59 bits per heavy atom. The fraction of sp³-hybridized carbons (Fsp3) is 0.538. The lowest BCUT2D eigenvalue weighted by atomic mass is 10.1. The number of likely N-dealkylation sites (N-methyl/N-ethyl adjacent to an activating group) is 1. The molecule has 1 saturated heterocycles. The van der Waals surface area contributed by atoms with Crippen LogP contribution in [0.1, 0.15) is 5.56 Å². The predicted octanol–water partition coefficient (Wildman–Crippen LogP) is 1.17. The molecule has 4 nitrogen and oxygen atoms in total. The fourth-order valence-corrected chi connectivity index (χ4v) is 2.20. The SMILES string of the molecule is COCc1ccc(N)cc1N1CCN(C)CC1. The quantitative estimate of drug-likeness (QED) is 0.799. The third kappa shape index (κ3) is 2.90. The van der Waals surface area contributed by atoms with E-state index in [1.807, 2.05) is 6.07 Å². The molecule has 1 aromatic carbocycles. The minimum Gasteiger partial charge on any atom is -0.399 e. The largest absolute Gasteiger partial charge is 0.399 e. The Kier molecular flexibility index (Phi) is 3.86. The molecule has 2 N–H and O–H groups in total. The zero-order chi connectivity index (χ0) is 12.3. The highest BCUT2D eigenvalue weighted by Crippen LogP contribution is 2.25. The number of anilines is 2. The molecular weight excluding hydrogens is 214 g/mol. The van der Waals surface area contributed by atoms with Gasteiger partial charge in [0.05, 0.1) is 6.61 Å². The molecule has 1 aromatic rings. The molecule has 0 bridgehead atoms. The monoisotopic (exact) mass is 235 g/mol. The van der Waals surface area contributed by atoms with Crippen LogP contribution in [-0.4, -0.2) is 45.2 Å². The van der Waals surface area contributed by atoms with Crippen LogP contribution in [0.3, 0.4) is 0 Å². The minimum atomic E-state index is 0.641. The van der Waals surface area contributed by atoms with Gasteiger partial charge >= 0.3 is 0 Å². The van der Waals surface area contributed by atoms with Crippen molar-refractivity contribution >= 4 is 11.4 Å². The molecule has 0 radical (unpaired) electrons. The maximum Gasteiger partial charge on any atom is 0.0733 e. The van der Waals surface area contributed by atoms with Gasteiger partial charge in [-0.3, -0.25) is 0 Å². The van der Waals surface area contributed by atoms with Gasteiger partial charge in [0.2, 0.25) is 0 Å². The molecule has 1 fully saturated rings. The summed E-state index contributed by atoms with van der Waals surface area (Å²) in [4.78, 5) is 4.74. The molecule has 0 unspecified atom stereocenters. The number of piperazine rings is 1. The van der Waals surface area contributed by atoms with Crippen LogP contribution < -0.4 is 10.6 Å². The number of nitrogen functional groups attached to an aromatic ring is 1. The zero-order valence-electron chi connectivity index (χ0n) is 10.6. The molecule has 0 atom stereocenters. The van der Waals surface area contributed by atoms with Crippen molar-refractivity contribution in [2.24, 2.45) is 0 Å². The predicted molar refractivity (Wildman–Crippen MR) is 71.3 cm³/mol. The van der Waals surface area contributed by atoms with Crippen LogP contribution in [0.25, 0.3) is 0 Å². The molecule has 0 saturated carbocycles. The lowest BCUT2D eigenvalue weighted by Crippen LogP contribution is -2.44. The first-order valence-electron chi connectivity index (χ1n) is 6.01. The standard InChI is InChI=1S/C13H21N3O/c1-15-5-7-16(8-6-15)13-9-12(14)4-3-11(13)10-17-2/h3-4,9H,5-8,10,14H2,1-2H3. The minimum absolute atomic E-state index is 0.641. The molecule has 94 valence electrons. The zero-order valence-corrected chi connectivity index (χ0v) is 10.6. The maximum atomic E-state index is 5.88. The molecule has 2 rings (SSSR count). The highest BCUT2D eigenvalue weighted by atomic mass is 16.5. The maximum absolute atomic E-state index is 5.88. The van der Waals surface area contributed by atoms with E-state index < -0.39 is 0 Å². The van der Waals surface area contributed by atoms with Crippen molar-refractivity contribution in [1.29, 1.82) is 0 Å². The summed E-state index contributed by atoms with van der Waals surface area (Å²) in [6, 6.07) is 6.06. The molecular formula is C13H21N3O. The normalized spacial score (nSPS) is 17.4. The molecule has 4 heteroatoms. The van der Waals surface area contributed by atoms with E-state index in [-0.39, 0.29) is 0 Å². The summed E-state index contributed by atoms with van der Waals surface area (Å²) in [5.74, 6) is 0. The second kappa shape index (κ2) is 5.38.